The molecule has 0 aliphatic heterocycles. The maximum atomic E-state index is 11.4. The van der Waals surface area contributed by atoms with Gasteiger partial charge in [-0.05, 0) is 12.8 Å². The topological polar surface area (TPSA) is 110 Å². The standard InChI is InChI=1S/C21H42O4.C18H37NO/c1-2-3-4-5-6-7-8-9-10-11-12-13-14-15-16-17-21(24)25-19-20(23)18-22;1-2-3-4-5-6-7-8-9-10-11-12-13-14-15-16-17-18(19)20/h20,22-23H,2-19H2,1H3;2-17H2,1H3,(H2,19,20). The minimum atomic E-state index is -0.954. The summed E-state index contributed by atoms with van der Waals surface area (Å²) in [5.41, 5.74) is 5.11. The number of ether oxygens (including phenoxy) is 1. The molecule has 0 saturated carbocycles. The SMILES string of the molecule is CCCCCCCCCCCCCCCCCC(=O)OCC(O)CO.CCCCCCCCCCCCCCCCCC(N)=O. The van der Waals surface area contributed by atoms with E-state index in [1.807, 2.05) is 0 Å². The average molecular weight is 642 g/mol. The third kappa shape index (κ3) is 45.0. The Morgan fingerprint density at radius 2 is 0.756 bits per heavy atom. The van der Waals surface area contributed by atoms with Gasteiger partial charge in [0, 0.05) is 12.8 Å². The van der Waals surface area contributed by atoms with Crippen LogP contribution < -0.4 is 5.73 Å². The van der Waals surface area contributed by atoms with E-state index in [2.05, 4.69) is 13.8 Å². The van der Waals surface area contributed by atoms with Crippen LogP contribution in [0.25, 0.3) is 0 Å². The molecule has 0 radical (unpaired) electrons. The highest BCUT2D eigenvalue weighted by Gasteiger charge is 2.07. The van der Waals surface area contributed by atoms with Gasteiger partial charge in [-0.3, -0.25) is 9.59 Å². The summed E-state index contributed by atoms with van der Waals surface area (Å²) in [7, 11) is 0. The Morgan fingerprint density at radius 1 is 0.489 bits per heavy atom. The Bertz CT molecular complexity index is 586. The predicted molar refractivity (Wildman–Crippen MR) is 192 cm³/mol. The molecule has 0 aromatic carbocycles. The molecule has 1 atom stereocenters. The fourth-order valence-corrected chi connectivity index (χ4v) is 5.63. The zero-order valence-electron chi connectivity index (χ0n) is 30.3. The van der Waals surface area contributed by atoms with Crippen molar-refractivity contribution >= 4 is 11.9 Å². The van der Waals surface area contributed by atoms with Crippen LogP contribution in [0.15, 0.2) is 0 Å². The molecular formula is C39H79NO5. The molecule has 0 heterocycles. The monoisotopic (exact) mass is 642 g/mol. The van der Waals surface area contributed by atoms with E-state index in [1.54, 1.807) is 0 Å². The van der Waals surface area contributed by atoms with Crippen LogP contribution in [0.5, 0.6) is 0 Å². The van der Waals surface area contributed by atoms with Crippen molar-refractivity contribution in [1.29, 1.82) is 0 Å². The number of aliphatic hydroxyl groups excluding tert-OH is 2. The Hall–Kier alpha value is -1.14. The van der Waals surface area contributed by atoms with Gasteiger partial charge in [0.2, 0.25) is 5.91 Å². The number of hydrogen-bond donors (Lipinski definition) is 3. The molecule has 0 aromatic rings. The molecule has 0 aromatic heterocycles. The van der Waals surface area contributed by atoms with Gasteiger partial charge in [0.1, 0.15) is 12.7 Å². The molecular weight excluding hydrogens is 562 g/mol. The van der Waals surface area contributed by atoms with Crippen LogP contribution in [-0.2, 0) is 14.3 Å². The number of rotatable bonds is 35. The van der Waals surface area contributed by atoms with Gasteiger partial charge in [-0.1, -0.05) is 194 Å². The van der Waals surface area contributed by atoms with Crippen molar-refractivity contribution in [2.24, 2.45) is 5.73 Å². The minimum absolute atomic E-state index is 0.103. The molecule has 1 amide bonds. The summed E-state index contributed by atoms with van der Waals surface area (Å²) >= 11 is 0. The highest BCUT2D eigenvalue weighted by atomic mass is 16.5. The number of nitrogens with two attached hydrogens (primary N) is 1. The Morgan fingerprint density at radius 3 is 1.02 bits per heavy atom. The van der Waals surface area contributed by atoms with Crippen molar-refractivity contribution in [3.63, 3.8) is 0 Å². The summed E-state index contributed by atoms with van der Waals surface area (Å²) < 4.78 is 4.86. The minimum Gasteiger partial charge on any atom is -0.463 e. The molecule has 0 spiro atoms. The summed E-state index contributed by atoms with van der Waals surface area (Å²) in [4.78, 5) is 21.9. The number of carbonyl (C=O) groups excluding carboxylic acids is 2. The second-order valence-corrected chi connectivity index (χ2v) is 13.4. The van der Waals surface area contributed by atoms with E-state index < -0.39 is 6.10 Å². The van der Waals surface area contributed by atoms with Crippen LogP contribution in [0.3, 0.4) is 0 Å². The maximum Gasteiger partial charge on any atom is 0.305 e. The quantitative estimate of drug-likeness (QED) is 0.0471. The lowest BCUT2D eigenvalue weighted by Gasteiger charge is -2.08. The van der Waals surface area contributed by atoms with Gasteiger partial charge < -0.3 is 20.7 Å². The first-order chi connectivity index (χ1) is 22.0. The van der Waals surface area contributed by atoms with Crippen LogP contribution in [0.2, 0.25) is 0 Å². The Balaban J connectivity index is 0. The summed E-state index contributed by atoms with van der Waals surface area (Å²) in [6.07, 6.45) is 39.9. The van der Waals surface area contributed by atoms with Crippen molar-refractivity contribution in [2.75, 3.05) is 13.2 Å². The number of hydrogen-bond acceptors (Lipinski definition) is 5. The first kappa shape index (κ1) is 46.0. The van der Waals surface area contributed by atoms with Crippen LogP contribution in [0.1, 0.15) is 219 Å². The second kappa shape index (κ2) is 40.9. The van der Waals surface area contributed by atoms with E-state index in [0.29, 0.717) is 12.8 Å². The fourth-order valence-electron chi connectivity index (χ4n) is 5.63. The van der Waals surface area contributed by atoms with Crippen LogP contribution >= 0.6 is 0 Å². The molecule has 0 aliphatic carbocycles. The number of amides is 1. The average Bonchev–Trinajstić information content (AvgIpc) is 3.03. The molecule has 6 nitrogen and oxygen atoms in total. The third-order valence-corrected chi connectivity index (χ3v) is 8.66. The molecule has 6 heteroatoms. The summed E-state index contributed by atoms with van der Waals surface area (Å²) in [6.45, 7) is 4.07. The Kier molecular flexibility index (Phi) is 41.8. The van der Waals surface area contributed by atoms with E-state index in [1.165, 1.54) is 173 Å². The number of unbranched alkanes of at least 4 members (excludes halogenated alkanes) is 28. The molecule has 0 fully saturated rings. The van der Waals surface area contributed by atoms with E-state index in [9.17, 15) is 9.59 Å². The third-order valence-electron chi connectivity index (χ3n) is 8.66. The van der Waals surface area contributed by atoms with Gasteiger partial charge >= 0.3 is 5.97 Å². The van der Waals surface area contributed by atoms with Crippen LogP contribution in [0, 0.1) is 0 Å². The molecule has 270 valence electrons. The fraction of sp³-hybridized carbons (Fsp3) is 0.949. The largest absolute Gasteiger partial charge is 0.463 e. The number of carbonyl (C=O) groups is 2. The van der Waals surface area contributed by atoms with Crippen molar-refractivity contribution in [1.82, 2.24) is 0 Å². The van der Waals surface area contributed by atoms with Gasteiger partial charge in [-0.25, -0.2) is 0 Å². The smallest absolute Gasteiger partial charge is 0.305 e. The number of primary amides is 1. The second-order valence-electron chi connectivity index (χ2n) is 13.4. The molecule has 0 rings (SSSR count). The molecule has 0 saturated heterocycles. The molecule has 4 N–H and O–H groups in total. The first-order valence-corrected chi connectivity index (χ1v) is 19.7. The summed E-state index contributed by atoms with van der Waals surface area (Å²) in [5.74, 6) is -0.429. The van der Waals surface area contributed by atoms with Crippen molar-refractivity contribution in [2.45, 2.75) is 225 Å². The van der Waals surface area contributed by atoms with Crippen molar-refractivity contribution < 1.29 is 24.5 Å². The van der Waals surface area contributed by atoms with Gasteiger partial charge in [0.05, 0.1) is 6.61 Å². The highest BCUT2D eigenvalue weighted by molar-refractivity contribution is 5.73. The molecule has 0 aliphatic rings. The van der Waals surface area contributed by atoms with E-state index in [0.717, 1.165) is 19.3 Å². The summed E-state index contributed by atoms with van der Waals surface area (Å²) in [5, 5.41) is 17.7. The molecule has 1 unspecified atom stereocenters. The lowest BCUT2D eigenvalue weighted by molar-refractivity contribution is -0.147. The van der Waals surface area contributed by atoms with Gasteiger partial charge in [0.25, 0.3) is 0 Å². The Labute approximate surface area is 280 Å². The van der Waals surface area contributed by atoms with Crippen molar-refractivity contribution in [3.05, 3.63) is 0 Å². The maximum absolute atomic E-state index is 11.4. The van der Waals surface area contributed by atoms with E-state index >= 15 is 0 Å². The van der Waals surface area contributed by atoms with Gasteiger partial charge in [-0.2, -0.15) is 0 Å². The summed E-state index contributed by atoms with van der Waals surface area (Å²) in [6, 6.07) is 0. The number of esters is 1. The van der Waals surface area contributed by atoms with E-state index in [-0.39, 0.29) is 25.1 Å². The predicted octanol–water partition coefficient (Wildman–Crippen LogP) is 10.9. The zero-order chi connectivity index (χ0) is 33.5. The van der Waals surface area contributed by atoms with E-state index in [4.69, 9.17) is 20.7 Å². The van der Waals surface area contributed by atoms with Crippen molar-refractivity contribution in [3.8, 4) is 0 Å². The molecule has 0 bridgehead atoms. The lowest BCUT2D eigenvalue weighted by atomic mass is 10.0. The molecule has 45 heavy (non-hydrogen) atoms. The zero-order valence-corrected chi connectivity index (χ0v) is 30.3. The normalized spacial score (nSPS) is 11.6. The highest BCUT2D eigenvalue weighted by Crippen LogP contribution is 2.15. The van der Waals surface area contributed by atoms with Gasteiger partial charge in [-0.15, -0.1) is 0 Å². The van der Waals surface area contributed by atoms with Gasteiger partial charge in [0.15, 0.2) is 0 Å². The van der Waals surface area contributed by atoms with Crippen LogP contribution in [-0.4, -0.2) is 41.4 Å². The number of aliphatic hydroxyl groups is 2. The van der Waals surface area contributed by atoms with Crippen LogP contribution in [0.4, 0.5) is 0 Å². The lowest BCUT2D eigenvalue weighted by Crippen LogP contribution is -2.21. The first-order valence-electron chi connectivity index (χ1n) is 19.7.